The fourth-order valence-corrected chi connectivity index (χ4v) is 1.10. The van der Waals surface area contributed by atoms with Crippen molar-refractivity contribution in [2.24, 2.45) is 4.99 Å². The van der Waals surface area contributed by atoms with Crippen LogP contribution >= 0.6 is 0 Å². The van der Waals surface area contributed by atoms with Gasteiger partial charge in [0.1, 0.15) is 6.34 Å². The quantitative estimate of drug-likeness (QED) is 0.588. The van der Waals surface area contributed by atoms with E-state index in [1.807, 2.05) is 0 Å². The second kappa shape index (κ2) is 1.79. The van der Waals surface area contributed by atoms with Crippen LogP contribution in [0.25, 0.3) is 17.7 Å². The molecule has 3 aliphatic rings. The van der Waals surface area contributed by atoms with Gasteiger partial charge in [0.15, 0.2) is 5.82 Å². The second-order valence-corrected chi connectivity index (χ2v) is 2.39. The van der Waals surface area contributed by atoms with Gasteiger partial charge in [-0.3, -0.25) is 0 Å². The van der Waals surface area contributed by atoms with Crippen LogP contribution in [0.1, 0.15) is 5.82 Å². The minimum atomic E-state index is 0.614. The van der Waals surface area contributed by atoms with E-state index in [0.717, 1.165) is 0 Å². The molecule has 58 valence electrons. The number of hydrogen-bond acceptors (Lipinski definition) is 4. The third kappa shape index (κ3) is 0.584. The van der Waals surface area contributed by atoms with Gasteiger partial charge < -0.3 is 0 Å². The number of fused-ring (bicyclic) bond motifs is 1. The van der Waals surface area contributed by atoms with E-state index in [1.54, 1.807) is 23.3 Å². The zero-order chi connectivity index (χ0) is 7.97. The number of aromatic amines is 1. The van der Waals surface area contributed by atoms with Crippen molar-refractivity contribution in [2.45, 2.75) is 0 Å². The molecule has 3 heterocycles. The van der Waals surface area contributed by atoms with E-state index in [4.69, 9.17) is 0 Å². The van der Waals surface area contributed by atoms with Crippen LogP contribution in [0.4, 0.5) is 0 Å². The summed E-state index contributed by atoms with van der Waals surface area (Å²) in [6, 6.07) is 0. The van der Waals surface area contributed by atoms with E-state index < -0.39 is 0 Å². The van der Waals surface area contributed by atoms with Crippen molar-refractivity contribution >= 4 is 12.4 Å². The van der Waals surface area contributed by atoms with E-state index in [-0.39, 0.29) is 0 Å². The summed E-state index contributed by atoms with van der Waals surface area (Å²) in [5, 5.41) is 6.65. The third-order valence-electron chi connectivity index (χ3n) is 1.62. The molecule has 12 heavy (non-hydrogen) atoms. The molecule has 0 unspecified atom stereocenters. The Labute approximate surface area is 67.0 Å². The van der Waals surface area contributed by atoms with Crippen molar-refractivity contribution in [3.05, 3.63) is 12.0 Å². The average molecular weight is 160 g/mol. The van der Waals surface area contributed by atoms with E-state index >= 15 is 0 Å². The number of hydrogen-bond donors (Lipinski definition) is 1. The van der Waals surface area contributed by atoms with E-state index in [0.29, 0.717) is 17.5 Å². The van der Waals surface area contributed by atoms with Gasteiger partial charge in [-0.2, -0.15) is 0 Å². The van der Waals surface area contributed by atoms with Crippen LogP contribution in [0, 0.1) is 0 Å². The van der Waals surface area contributed by atoms with Gasteiger partial charge in [0.05, 0.1) is 0 Å². The molecule has 0 atom stereocenters. The molecule has 0 amide bonds. The van der Waals surface area contributed by atoms with Crippen molar-refractivity contribution in [3.63, 3.8) is 0 Å². The predicted octanol–water partition coefficient (Wildman–Crippen LogP) is -0.0333. The zero-order valence-corrected chi connectivity index (χ0v) is 5.97. The normalized spacial score (nSPS) is 14.0. The largest absolute Gasteiger partial charge is 0.245 e. The monoisotopic (exact) mass is 160 g/mol. The molecule has 6 heteroatoms. The van der Waals surface area contributed by atoms with Gasteiger partial charge in [-0.1, -0.05) is 0 Å². The highest BCUT2D eigenvalue weighted by Gasteiger charge is 2.16. The van der Waals surface area contributed by atoms with Crippen LogP contribution in [0.2, 0.25) is 0 Å². The second-order valence-electron chi connectivity index (χ2n) is 2.39. The summed E-state index contributed by atoms with van der Waals surface area (Å²) < 4.78 is 1.62. The summed E-state index contributed by atoms with van der Waals surface area (Å²) in [4.78, 5) is 12.3. The predicted molar refractivity (Wildman–Crippen MR) is 41.7 cm³/mol. The molecule has 0 saturated carbocycles. The molecule has 2 bridgehead atoms. The highest BCUT2D eigenvalue weighted by atomic mass is 15.5. The highest BCUT2D eigenvalue weighted by molar-refractivity contribution is 5.68. The van der Waals surface area contributed by atoms with Crippen LogP contribution in [0.3, 0.4) is 0 Å². The van der Waals surface area contributed by atoms with Crippen LogP contribution in [0.5, 0.6) is 0 Å². The van der Waals surface area contributed by atoms with Crippen LogP contribution in [0.15, 0.2) is 11.2 Å². The van der Waals surface area contributed by atoms with Gasteiger partial charge in [0.25, 0.3) is 0 Å². The van der Waals surface area contributed by atoms with Crippen LogP contribution < -0.4 is 0 Å². The molecule has 0 aromatic carbocycles. The first-order valence-electron chi connectivity index (χ1n) is 3.44. The number of imidazole rings is 1. The maximum Gasteiger partial charge on any atom is 0.221 e. The molecule has 0 fully saturated rings. The maximum absolute atomic E-state index is 4.19. The van der Waals surface area contributed by atoms with Gasteiger partial charge >= 0.3 is 0 Å². The van der Waals surface area contributed by atoms with E-state index in [2.05, 4.69) is 25.3 Å². The number of nitrogens with one attached hydrogen (secondary N) is 1. The van der Waals surface area contributed by atoms with Gasteiger partial charge in [-0.25, -0.2) is 24.9 Å². The molecule has 0 radical (unpaired) electrons. The SMILES string of the molecule is C1=Cc2nc3n[nH]n(c-3n2)C=N1. The van der Waals surface area contributed by atoms with Crippen molar-refractivity contribution < 1.29 is 0 Å². The Morgan fingerprint density at radius 3 is 3.33 bits per heavy atom. The lowest BCUT2D eigenvalue weighted by Crippen LogP contribution is -2.00. The van der Waals surface area contributed by atoms with Gasteiger partial charge in [-0.05, 0) is 0 Å². The zero-order valence-electron chi connectivity index (χ0n) is 5.97. The standard InChI is InChI=1S/C6H4N6/c1-2-7-3-12-6-5(10-11-12)8-4(1)9-6/h1-3,11H. The van der Waals surface area contributed by atoms with Gasteiger partial charge in [-0.15, -0.1) is 5.10 Å². The van der Waals surface area contributed by atoms with Crippen molar-refractivity contribution in [3.8, 4) is 11.6 Å². The molecule has 0 aromatic rings. The molecule has 3 aliphatic heterocycles. The summed E-state index contributed by atoms with van der Waals surface area (Å²) in [5.74, 6) is 1.97. The van der Waals surface area contributed by atoms with Crippen LogP contribution in [-0.2, 0) is 0 Å². The summed E-state index contributed by atoms with van der Waals surface area (Å²) in [6.07, 6.45) is 4.98. The Morgan fingerprint density at radius 2 is 2.33 bits per heavy atom. The number of rotatable bonds is 0. The van der Waals surface area contributed by atoms with Crippen molar-refractivity contribution in [2.75, 3.05) is 0 Å². The smallest absolute Gasteiger partial charge is 0.221 e. The van der Waals surface area contributed by atoms with Gasteiger partial charge in [0, 0.05) is 12.3 Å². The number of H-pyrrole nitrogens is 1. The fourth-order valence-electron chi connectivity index (χ4n) is 1.10. The first kappa shape index (κ1) is 5.64. The molecule has 0 saturated heterocycles. The Bertz CT molecular complexity index is 447. The average Bonchev–Trinajstić information content (AvgIpc) is 2.57. The lowest BCUT2D eigenvalue weighted by atomic mass is 10.6. The lowest BCUT2D eigenvalue weighted by Gasteiger charge is -1.91. The molecular weight excluding hydrogens is 156 g/mol. The number of aliphatic imine (C=N–C) groups is 1. The minimum absolute atomic E-state index is 0.614. The number of aromatic nitrogens is 5. The summed E-state index contributed by atoms with van der Waals surface area (Å²) in [6.45, 7) is 0. The Hall–Kier alpha value is -1.98. The summed E-state index contributed by atoms with van der Waals surface area (Å²) in [5.41, 5.74) is 0. The molecule has 0 spiro atoms. The fraction of sp³-hybridized carbons (Fsp3) is 0. The minimum Gasteiger partial charge on any atom is -0.245 e. The lowest BCUT2D eigenvalue weighted by molar-refractivity contribution is 0.850. The van der Waals surface area contributed by atoms with E-state index in [9.17, 15) is 0 Å². The molecule has 1 N–H and O–H groups in total. The Morgan fingerprint density at radius 1 is 1.33 bits per heavy atom. The Kier molecular flexibility index (Phi) is 0.840. The molecule has 6 nitrogen and oxygen atoms in total. The van der Waals surface area contributed by atoms with E-state index in [1.165, 1.54) is 0 Å². The van der Waals surface area contributed by atoms with Crippen molar-refractivity contribution in [1.82, 2.24) is 25.0 Å². The molecule has 3 rings (SSSR count). The van der Waals surface area contributed by atoms with Gasteiger partial charge in [0.2, 0.25) is 11.6 Å². The summed E-state index contributed by atoms with van der Waals surface area (Å²) >= 11 is 0. The first-order chi connectivity index (χ1) is 5.93. The first-order valence-corrected chi connectivity index (χ1v) is 3.44. The topological polar surface area (TPSA) is 71.8 Å². The highest BCUT2D eigenvalue weighted by Crippen LogP contribution is 2.15. The molecular formula is C6H4N6. The maximum atomic E-state index is 4.19. The molecule has 0 aliphatic carbocycles. The molecule has 0 aromatic heterocycles. The van der Waals surface area contributed by atoms with Crippen LogP contribution in [-0.4, -0.2) is 31.3 Å². The van der Waals surface area contributed by atoms with Crippen molar-refractivity contribution in [1.29, 1.82) is 0 Å². The summed E-state index contributed by atoms with van der Waals surface area (Å²) in [7, 11) is 0. The third-order valence-corrected chi connectivity index (χ3v) is 1.62. The number of nitrogens with zero attached hydrogens (tertiary/aromatic N) is 5. The Balaban J connectivity index is 2.44.